The van der Waals surface area contributed by atoms with Crippen LogP contribution in [0.4, 0.5) is 10.8 Å². The number of hydrogen-bond donors (Lipinski definition) is 0. The number of aldehydes is 1. The van der Waals surface area contributed by atoms with Crippen LogP contribution in [0.25, 0.3) is 0 Å². The van der Waals surface area contributed by atoms with Gasteiger partial charge in [0.15, 0.2) is 11.4 Å². The second-order valence-corrected chi connectivity index (χ2v) is 6.47. The van der Waals surface area contributed by atoms with Crippen LogP contribution in [-0.2, 0) is 6.54 Å². The zero-order valence-corrected chi connectivity index (χ0v) is 14.0. The van der Waals surface area contributed by atoms with Crippen LogP contribution in [0.2, 0.25) is 0 Å². The quantitative estimate of drug-likeness (QED) is 0.646. The third kappa shape index (κ3) is 3.34. The molecule has 0 aliphatic heterocycles. The van der Waals surface area contributed by atoms with Gasteiger partial charge in [-0.05, 0) is 36.8 Å². The van der Waals surface area contributed by atoms with Gasteiger partial charge in [-0.25, -0.2) is 4.98 Å². The van der Waals surface area contributed by atoms with Crippen molar-refractivity contribution in [1.82, 2.24) is 4.98 Å². The van der Waals surface area contributed by atoms with E-state index in [4.69, 9.17) is 5.26 Å². The molecule has 0 amide bonds. The van der Waals surface area contributed by atoms with Crippen molar-refractivity contribution in [2.24, 2.45) is 0 Å². The number of aryl methyl sites for hydroxylation is 1. The first kappa shape index (κ1) is 15.9. The lowest BCUT2D eigenvalue weighted by molar-refractivity contribution is 0.111. The molecule has 0 aliphatic carbocycles. The molecule has 4 nitrogen and oxygen atoms in total. The van der Waals surface area contributed by atoms with Crippen molar-refractivity contribution in [3.63, 3.8) is 0 Å². The van der Waals surface area contributed by atoms with Crippen molar-refractivity contribution in [2.75, 3.05) is 4.90 Å². The third-order valence-electron chi connectivity index (χ3n) is 3.66. The number of nitrogens with zero attached hydrogens (tertiary/aromatic N) is 3. The predicted molar refractivity (Wildman–Crippen MR) is 95.7 cm³/mol. The molecular formula is C19H15N3OS. The molecule has 3 rings (SSSR count). The van der Waals surface area contributed by atoms with Gasteiger partial charge in [0.05, 0.1) is 18.2 Å². The molecule has 24 heavy (non-hydrogen) atoms. The molecule has 0 aliphatic rings. The van der Waals surface area contributed by atoms with Gasteiger partial charge in [0.1, 0.15) is 5.69 Å². The molecule has 0 fully saturated rings. The molecule has 118 valence electrons. The Hall–Kier alpha value is -2.97. The van der Waals surface area contributed by atoms with E-state index in [9.17, 15) is 4.79 Å². The van der Waals surface area contributed by atoms with Gasteiger partial charge in [0.25, 0.3) is 0 Å². The smallest absolute Gasteiger partial charge is 0.191 e. The lowest BCUT2D eigenvalue weighted by Crippen LogP contribution is -2.16. The zero-order chi connectivity index (χ0) is 16.9. The Morgan fingerprint density at radius 2 is 1.88 bits per heavy atom. The summed E-state index contributed by atoms with van der Waals surface area (Å²) in [5, 5.41) is 9.75. The normalized spacial score (nSPS) is 10.2. The summed E-state index contributed by atoms with van der Waals surface area (Å²) in [6.07, 6.45) is 0.787. The Bertz CT molecular complexity index is 879. The van der Waals surface area contributed by atoms with Gasteiger partial charge >= 0.3 is 0 Å². The van der Waals surface area contributed by atoms with Crippen LogP contribution >= 0.6 is 11.3 Å². The number of benzene rings is 2. The highest BCUT2D eigenvalue weighted by atomic mass is 32.1. The molecule has 1 aromatic heterocycles. The minimum Gasteiger partial charge on any atom is -0.313 e. The molecule has 0 radical (unpaired) electrons. The molecule has 2 aromatic carbocycles. The van der Waals surface area contributed by atoms with Crippen molar-refractivity contribution >= 4 is 28.4 Å². The van der Waals surface area contributed by atoms with Crippen molar-refractivity contribution in [3.8, 4) is 6.07 Å². The van der Waals surface area contributed by atoms with E-state index < -0.39 is 0 Å². The lowest BCUT2D eigenvalue weighted by Gasteiger charge is -2.22. The first-order valence-corrected chi connectivity index (χ1v) is 8.27. The molecule has 0 saturated carbocycles. The molecule has 5 heteroatoms. The summed E-state index contributed by atoms with van der Waals surface area (Å²) in [5.41, 5.74) is 3.16. The van der Waals surface area contributed by atoms with E-state index >= 15 is 0 Å². The van der Waals surface area contributed by atoms with Gasteiger partial charge in [-0.1, -0.05) is 30.3 Å². The average molecular weight is 333 g/mol. The summed E-state index contributed by atoms with van der Waals surface area (Å²) in [7, 11) is 0. The molecule has 0 spiro atoms. The summed E-state index contributed by atoms with van der Waals surface area (Å²) in [6, 6.07) is 19.6. The van der Waals surface area contributed by atoms with E-state index in [0.29, 0.717) is 17.8 Å². The van der Waals surface area contributed by atoms with Gasteiger partial charge < -0.3 is 4.90 Å². The highest BCUT2D eigenvalue weighted by Crippen LogP contribution is 2.32. The first-order valence-electron chi connectivity index (χ1n) is 7.45. The molecule has 0 saturated heterocycles. The number of carbonyl (C=O) groups is 1. The summed E-state index contributed by atoms with van der Waals surface area (Å²) >= 11 is 1.49. The SMILES string of the molecule is Cc1sc(N(Cc2ccccc2)c2ccc(C#N)cc2)nc1C=O. The second kappa shape index (κ2) is 7.07. The van der Waals surface area contributed by atoms with Crippen molar-refractivity contribution < 1.29 is 4.79 Å². The maximum atomic E-state index is 11.1. The molecule has 0 unspecified atom stereocenters. The molecule has 0 bridgehead atoms. The molecule has 0 atom stereocenters. The van der Waals surface area contributed by atoms with E-state index in [-0.39, 0.29) is 0 Å². The Morgan fingerprint density at radius 3 is 2.46 bits per heavy atom. The zero-order valence-electron chi connectivity index (χ0n) is 13.1. The number of thiazole rings is 1. The lowest BCUT2D eigenvalue weighted by atomic mass is 10.2. The number of anilines is 2. The van der Waals surface area contributed by atoms with Gasteiger partial charge in [-0.3, -0.25) is 4.79 Å². The number of nitriles is 1. The fourth-order valence-corrected chi connectivity index (χ4v) is 3.27. The van der Waals surface area contributed by atoms with Gasteiger partial charge in [0.2, 0.25) is 0 Å². The van der Waals surface area contributed by atoms with Crippen molar-refractivity contribution in [3.05, 3.63) is 76.3 Å². The Labute approximate surface area is 144 Å². The van der Waals surface area contributed by atoms with Crippen LogP contribution in [0.5, 0.6) is 0 Å². The van der Waals surface area contributed by atoms with Crippen LogP contribution in [0.3, 0.4) is 0 Å². The monoisotopic (exact) mass is 333 g/mol. The number of carbonyl (C=O) groups excluding carboxylic acids is 1. The number of aromatic nitrogens is 1. The van der Waals surface area contributed by atoms with Crippen LogP contribution in [0, 0.1) is 18.3 Å². The van der Waals surface area contributed by atoms with Crippen LogP contribution in [0.1, 0.15) is 26.5 Å². The summed E-state index contributed by atoms with van der Waals surface area (Å²) < 4.78 is 0. The predicted octanol–water partition coefficient (Wildman–Crippen LogP) is 4.47. The van der Waals surface area contributed by atoms with E-state index in [1.165, 1.54) is 11.3 Å². The number of hydrogen-bond acceptors (Lipinski definition) is 5. The standard InChI is InChI=1S/C19H15N3OS/c1-14-18(13-23)21-19(24-14)22(12-16-5-3-2-4-6-16)17-9-7-15(11-20)8-10-17/h2-10,13H,12H2,1H3. The minimum absolute atomic E-state index is 0.474. The van der Waals surface area contributed by atoms with Gasteiger partial charge in [-0.2, -0.15) is 5.26 Å². The van der Waals surface area contributed by atoms with Crippen LogP contribution in [-0.4, -0.2) is 11.3 Å². The maximum Gasteiger partial charge on any atom is 0.191 e. The van der Waals surface area contributed by atoms with Gasteiger partial charge in [-0.15, -0.1) is 11.3 Å². The summed E-state index contributed by atoms with van der Waals surface area (Å²) in [4.78, 5) is 18.5. The third-order valence-corrected chi connectivity index (χ3v) is 4.66. The fraction of sp³-hybridized carbons (Fsp3) is 0.105. The van der Waals surface area contributed by atoms with Crippen LogP contribution < -0.4 is 4.90 Å². The molecule has 0 N–H and O–H groups in total. The Balaban J connectivity index is 2.02. The molecule has 1 heterocycles. The number of rotatable bonds is 5. The highest BCUT2D eigenvalue weighted by Gasteiger charge is 2.16. The second-order valence-electron chi connectivity index (χ2n) is 5.29. The maximum absolute atomic E-state index is 11.1. The van der Waals surface area contributed by atoms with Crippen molar-refractivity contribution in [2.45, 2.75) is 13.5 Å². The summed E-state index contributed by atoms with van der Waals surface area (Å²) in [6.45, 7) is 2.53. The van der Waals surface area contributed by atoms with E-state index in [1.54, 1.807) is 12.1 Å². The Morgan fingerprint density at radius 1 is 1.17 bits per heavy atom. The average Bonchev–Trinajstić information content (AvgIpc) is 3.01. The largest absolute Gasteiger partial charge is 0.313 e. The Kier molecular flexibility index (Phi) is 4.69. The summed E-state index contributed by atoms with van der Waals surface area (Å²) in [5.74, 6) is 0. The molecular weight excluding hydrogens is 318 g/mol. The minimum atomic E-state index is 0.474. The topological polar surface area (TPSA) is 57.0 Å². The highest BCUT2D eigenvalue weighted by molar-refractivity contribution is 7.15. The van der Waals surface area contributed by atoms with Gasteiger partial charge in [0, 0.05) is 10.6 Å². The van der Waals surface area contributed by atoms with E-state index in [2.05, 4.69) is 28.1 Å². The van der Waals surface area contributed by atoms with E-state index in [1.807, 2.05) is 37.3 Å². The van der Waals surface area contributed by atoms with Crippen LogP contribution in [0.15, 0.2) is 54.6 Å². The fourth-order valence-electron chi connectivity index (χ4n) is 2.37. The first-order chi connectivity index (χ1) is 11.7. The van der Waals surface area contributed by atoms with E-state index in [0.717, 1.165) is 27.5 Å². The van der Waals surface area contributed by atoms with Crippen molar-refractivity contribution in [1.29, 1.82) is 5.26 Å². The molecule has 3 aromatic rings.